The Balaban J connectivity index is 1.33. The Kier molecular flexibility index (Phi) is 4.86. The van der Waals surface area contributed by atoms with Crippen molar-refractivity contribution in [2.45, 2.75) is 11.8 Å². The van der Waals surface area contributed by atoms with Gasteiger partial charge in [-0.25, -0.2) is 22.6 Å². The van der Waals surface area contributed by atoms with E-state index in [-0.39, 0.29) is 11.4 Å². The summed E-state index contributed by atoms with van der Waals surface area (Å²) in [5.74, 6) is 0.452. The highest BCUT2D eigenvalue weighted by atomic mass is 32.2. The van der Waals surface area contributed by atoms with E-state index in [0.717, 1.165) is 5.69 Å². The molecule has 0 radical (unpaired) electrons. The molecule has 0 unspecified atom stereocenters. The highest BCUT2D eigenvalue weighted by Gasteiger charge is 2.15. The minimum absolute atomic E-state index is 0.0284. The molecule has 150 valence electrons. The van der Waals surface area contributed by atoms with Crippen molar-refractivity contribution < 1.29 is 12.8 Å². The van der Waals surface area contributed by atoms with Crippen LogP contribution in [-0.4, -0.2) is 46.5 Å². The first kappa shape index (κ1) is 18.8. The van der Waals surface area contributed by atoms with Crippen LogP contribution < -0.4 is 15.8 Å². The average Bonchev–Trinajstić information content (AvgIpc) is 3.29. The molecule has 0 atom stereocenters. The number of nitrogens with zero attached hydrogens (tertiary/aromatic N) is 4. The number of fused-ring (bicyclic) bond motifs is 1. The highest BCUT2D eigenvalue weighted by Crippen LogP contribution is 2.16. The van der Waals surface area contributed by atoms with Crippen molar-refractivity contribution in [3.63, 3.8) is 0 Å². The molecular weight excluding hydrogens is 398 g/mol. The molecule has 0 bridgehead atoms. The molecule has 0 aliphatic rings. The fourth-order valence-corrected chi connectivity index (χ4v) is 3.70. The van der Waals surface area contributed by atoms with E-state index >= 15 is 0 Å². The van der Waals surface area contributed by atoms with Gasteiger partial charge in [0.05, 0.1) is 16.1 Å². The van der Waals surface area contributed by atoms with Crippen molar-refractivity contribution in [1.82, 2.24) is 29.7 Å². The van der Waals surface area contributed by atoms with Crippen LogP contribution in [0.2, 0.25) is 0 Å². The molecule has 1 aromatic carbocycles. The summed E-state index contributed by atoms with van der Waals surface area (Å²) in [5.41, 5.74) is 1.49. The van der Waals surface area contributed by atoms with Gasteiger partial charge in [-0.15, -0.1) is 10.2 Å². The predicted molar refractivity (Wildman–Crippen MR) is 104 cm³/mol. The quantitative estimate of drug-likeness (QED) is 0.375. The van der Waals surface area contributed by atoms with Crippen LogP contribution in [0, 0.1) is 6.92 Å². The maximum atomic E-state index is 12.4. The number of benzene rings is 1. The van der Waals surface area contributed by atoms with Crippen molar-refractivity contribution in [1.29, 1.82) is 0 Å². The van der Waals surface area contributed by atoms with Crippen LogP contribution in [0.4, 0.5) is 5.82 Å². The molecule has 0 aliphatic heterocycles. The van der Waals surface area contributed by atoms with E-state index in [1.165, 1.54) is 18.2 Å². The smallest absolute Gasteiger partial charge is 0.408 e. The van der Waals surface area contributed by atoms with Gasteiger partial charge in [0.2, 0.25) is 10.0 Å². The summed E-state index contributed by atoms with van der Waals surface area (Å²) < 4.78 is 33.8. The molecule has 11 nitrogen and oxygen atoms in total. The molecule has 4 aromatic rings. The number of hydrogen-bond acceptors (Lipinski definition) is 8. The molecule has 0 spiro atoms. The lowest BCUT2D eigenvalue weighted by Gasteiger charge is -2.08. The second-order valence-corrected chi connectivity index (χ2v) is 7.94. The van der Waals surface area contributed by atoms with Gasteiger partial charge >= 0.3 is 5.76 Å². The number of aryl methyl sites for hydroxylation is 1. The van der Waals surface area contributed by atoms with E-state index in [9.17, 15) is 13.2 Å². The summed E-state index contributed by atoms with van der Waals surface area (Å²) >= 11 is 0. The zero-order chi connectivity index (χ0) is 20.4. The second-order valence-electron chi connectivity index (χ2n) is 6.18. The summed E-state index contributed by atoms with van der Waals surface area (Å²) in [6, 6.07) is 9.50. The van der Waals surface area contributed by atoms with Crippen molar-refractivity contribution >= 4 is 26.9 Å². The Hall–Kier alpha value is -3.51. The first-order chi connectivity index (χ1) is 13.9. The number of H-pyrrole nitrogens is 1. The maximum absolute atomic E-state index is 12.4. The topological polar surface area (TPSA) is 148 Å². The molecule has 0 fully saturated rings. The average molecular weight is 415 g/mol. The van der Waals surface area contributed by atoms with E-state index < -0.39 is 15.8 Å². The lowest BCUT2D eigenvalue weighted by Crippen LogP contribution is -2.29. The molecule has 3 aromatic heterocycles. The molecule has 0 saturated heterocycles. The van der Waals surface area contributed by atoms with Crippen molar-refractivity contribution in [2.75, 3.05) is 18.4 Å². The standard InChI is InChI=1S/C17H17N7O4S/c1-11-6-9-24(23-11)16-5-4-15(21-22-16)18-7-8-19-29(26,27)12-2-3-14-13(10-12)20-17(25)28-14/h2-6,9-10,19H,7-8H2,1H3,(H,18,21)(H,20,25). The first-order valence-corrected chi connectivity index (χ1v) is 10.1. The normalized spacial score (nSPS) is 11.8. The molecule has 4 rings (SSSR count). The van der Waals surface area contributed by atoms with E-state index in [1.807, 2.05) is 13.0 Å². The van der Waals surface area contributed by atoms with Gasteiger partial charge < -0.3 is 9.73 Å². The van der Waals surface area contributed by atoms with E-state index in [2.05, 4.69) is 30.3 Å². The Morgan fingerprint density at radius 3 is 2.72 bits per heavy atom. The summed E-state index contributed by atoms with van der Waals surface area (Å²) in [6.45, 7) is 2.32. The number of hydrogen-bond donors (Lipinski definition) is 3. The molecule has 12 heteroatoms. The largest absolute Gasteiger partial charge is 0.417 e. The van der Waals surface area contributed by atoms with Crippen LogP contribution >= 0.6 is 0 Å². The van der Waals surface area contributed by atoms with Crippen LogP contribution in [0.3, 0.4) is 0 Å². The summed E-state index contributed by atoms with van der Waals surface area (Å²) in [7, 11) is -3.74. The Labute approximate surface area is 164 Å². The number of rotatable bonds is 7. The first-order valence-electron chi connectivity index (χ1n) is 8.63. The summed E-state index contributed by atoms with van der Waals surface area (Å²) in [6.07, 6.45) is 1.79. The zero-order valence-corrected chi connectivity index (χ0v) is 16.1. The maximum Gasteiger partial charge on any atom is 0.417 e. The number of nitrogens with one attached hydrogen (secondary N) is 3. The third-order valence-corrected chi connectivity index (χ3v) is 5.49. The molecule has 0 saturated carbocycles. The molecule has 3 N–H and O–H groups in total. The Morgan fingerprint density at radius 1 is 1.14 bits per heavy atom. The van der Waals surface area contributed by atoms with Gasteiger partial charge in [-0.3, -0.25) is 4.98 Å². The zero-order valence-electron chi connectivity index (χ0n) is 15.3. The van der Waals surface area contributed by atoms with Gasteiger partial charge in [0, 0.05) is 19.3 Å². The van der Waals surface area contributed by atoms with Crippen LogP contribution in [0.1, 0.15) is 5.69 Å². The Morgan fingerprint density at radius 2 is 2.00 bits per heavy atom. The van der Waals surface area contributed by atoms with Gasteiger partial charge in [-0.1, -0.05) is 0 Å². The van der Waals surface area contributed by atoms with Crippen LogP contribution in [0.15, 0.2) is 56.7 Å². The number of aromatic amines is 1. The SMILES string of the molecule is Cc1ccn(-c2ccc(NCCNS(=O)(=O)c3ccc4oc(=O)[nH]c4c3)nn2)n1. The molecule has 0 aliphatic carbocycles. The predicted octanol–water partition coefficient (Wildman–Crippen LogP) is 0.796. The molecular formula is C17H17N7O4S. The lowest BCUT2D eigenvalue weighted by atomic mass is 10.3. The molecule has 29 heavy (non-hydrogen) atoms. The fraction of sp³-hybridized carbons (Fsp3) is 0.176. The lowest BCUT2D eigenvalue weighted by molar-refractivity contribution is 0.555. The molecule has 3 heterocycles. The highest BCUT2D eigenvalue weighted by molar-refractivity contribution is 7.89. The van der Waals surface area contributed by atoms with Crippen LogP contribution in [0.25, 0.3) is 16.9 Å². The third-order valence-electron chi connectivity index (χ3n) is 4.03. The van der Waals surface area contributed by atoms with Gasteiger partial charge in [-0.05, 0) is 43.3 Å². The van der Waals surface area contributed by atoms with Crippen molar-refractivity contribution in [3.8, 4) is 5.82 Å². The summed E-state index contributed by atoms with van der Waals surface area (Å²) in [4.78, 5) is 13.6. The minimum atomic E-state index is -3.74. The fourth-order valence-electron chi connectivity index (χ4n) is 2.64. The van der Waals surface area contributed by atoms with Gasteiger partial charge in [0.1, 0.15) is 5.82 Å². The molecule has 0 amide bonds. The van der Waals surface area contributed by atoms with Crippen molar-refractivity contribution in [2.24, 2.45) is 0 Å². The minimum Gasteiger partial charge on any atom is -0.408 e. The van der Waals surface area contributed by atoms with Crippen LogP contribution in [-0.2, 0) is 10.0 Å². The van der Waals surface area contributed by atoms with Gasteiger partial charge in [-0.2, -0.15) is 5.10 Å². The van der Waals surface area contributed by atoms with E-state index in [1.54, 1.807) is 23.0 Å². The van der Waals surface area contributed by atoms with Crippen LogP contribution in [0.5, 0.6) is 0 Å². The second kappa shape index (κ2) is 7.48. The number of sulfonamides is 1. The van der Waals surface area contributed by atoms with E-state index in [0.29, 0.717) is 29.3 Å². The number of anilines is 1. The van der Waals surface area contributed by atoms with Crippen molar-refractivity contribution in [3.05, 3.63) is 58.8 Å². The third kappa shape index (κ3) is 4.17. The van der Waals surface area contributed by atoms with E-state index in [4.69, 9.17) is 4.42 Å². The van der Waals surface area contributed by atoms with Gasteiger partial charge in [0.25, 0.3) is 0 Å². The monoisotopic (exact) mass is 415 g/mol. The Bertz CT molecular complexity index is 1310. The summed E-state index contributed by atoms with van der Waals surface area (Å²) in [5, 5.41) is 15.4. The number of aromatic nitrogens is 5. The van der Waals surface area contributed by atoms with Gasteiger partial charge in [0.15, 0.2) is 11.4 Å². The number of oxazole rings is 1.